The Balaban J connectivity index is 2.39. The maximum Gasteiger partial charge on any atom is 0.126 e. The Morgan fingerprint density at radius 3 is 2.53 bits per heavy atom. The van der Waals surface area contributed by atoms with E-state index >= 15 is 0 Å². The van der Waals surface area contributed by atoms with E-state index in [0.717, 1.165) is 6.07 Å². The van der Waals surface area contributed by atoms with Crippen molar-refractivity contribution in [3.8, 4) is 0 Å². The van der Waals surface area contributed by atoms with Gasteiger partial charge in [-0.2, -0.15) is 0 Å². The highest BCUT2D eigenvalue weighted by Crippen LogP contribution is 2.20. The molecule has 0 fully saturated rings. The minimum absolute atomic E-state index is 0.361. The number of rotatable bonds is 3. The molecule has 0 radical (unpaired) electrons. The lowest BCUT2D eigenvalue weighted by Crippen LogP contribution is -2.17. The zero-order valence-corrected chi connectivity index (χ0v) is 9.27. The van der Waals surface area contributed by atoms with Crippen LogP contribution in [0.15, 0.2) is 24.4 Å². The lowest BCUT2D eigenvalue weighted by Gasteiger charge is -2.12. The van der Waals surface area contributed by atoms with Gasteiger partial charge in [0.1, 0.15) is 11.6 Å². The summed E-state index contributed by atoms with van der Waals surface area (Å²) in [6.07, 6.45) is 1.50. The van der Waals surface area contributed by atoms with Crippen molar-refractivity contribution in [1.29, 1.82) is 0 Å². The van der Waals surface area contributed by atoms with E-state index in [-0.39, 0.29) is 0 Å². The molecule has 0 bridgehead atoms. The second kappa shape index (κ2) is 4.58. The monoisotopic (exact) mass is 238 g/mol. The summed E-state index contributed by atoms with van der Waals surface area (Å²) in [4.78, 5) is 0. The molecule has 0 aliphatic heterocycles. The first-order chi connectivity index (χ1) is 8.11. The van der Waals surface area contributed by atoms with Gasteiger partial charge in [0.25, 0.3) is 0 Å². The number of nitrogens with zero attached hydrogens (tertiary/aromatic N) is 3. The van der Waals surface area contributed by atoms with Crippen molar-refractivity contribution in [2.24, 2.45) is 5.73 Å². The fourth-order valence-corrected chi connectivity index (χ4v) is 1.68. The van der Waals surface area contributed by atoms with Crippen molar-refractivity contribution in [3.63, 3.8) is 0 Å². The summed E-state index contributed by atoms with van der Waals surface area (Å²) in [5.74, 6) is -1.29. The van der Waals surface area contributed by atoms with Crippen molar-refractivity contribution in [3.05, 3.63) is 47.3 Å². The Kier molecular flexibility index (Phi) is 3.14. The number of halogens is 2. The molecule has 1 heterocycles. The summed E-state index contributed by atoms with van der Waals surface area (Å²) in [6, 6.07) is 2.59. The highest BCUT2D eigenvalue weighted by molar-refractivity contribution is 5.27. The first-order valence-electron chi connectivity index (χ1n) is 5.21. The van der Waals surface area contributed by atoms with E-state index in [4.69, 9.17) is 5.73 Å². The molecule has 2 aromatic rings. The van der Waals surface area contributed by atoms with E-state index < -0.39 is 17.7 Å². The second-order valence-electron chi connectivity index (χ2n) is 3.66. The maximum atomic E-state index is 13.1. The van der Waals surface area contributed by atoms with Gasteiger partial charge in [0.05, 0.1) is 17.9 Å². The SMILES string of the molecule is CCn1nncc1C(N)c1cc(F)cc(F)c1. The Labute approximate surface area is 97.0 Å². The van der Waals surface area contributed by atoms with Gasteiger partial charge in [-0.05, 0) is 24.6 Å². The van der Waals surface area contributed by atoms with Gasteiger partial charge < -0.3 is 5.73 Å². The van der Waals surface area contributed by atoms with Crippen LogP contribution < -0.4 is 5.73 Å². The van der Waals surface area contributed by atoms with Gasteiger partial charge >= 0.3 is 0 Å². The smallest absolute Gasteiger partial charge is 0.126 e. The normalized spacial score (nSPS) is 12.7. The lowest BCUT2D eigenvalue weighted by molar-refractivity contribution is 0.564. The molecule has 0 saturated carbocycles. The molecule has 1 aromatic heterocycles. The minimum Gasteiger partial charge on any atom is -0.319 e. The quantitative estimate of drug-likeness (QED) is 0.884. The van der Waals surface area contributed by atoms with Crippen LogP contribution in [0.4, 0.5) is 8.78 Å². The summed E-state index contributed by atoms with van der Waals surface area (Å²) in [7, 11) is 0. The molecule has 0 amide bonds. The second-order valence-corrected chi connectivity index (χ2v) is 3.66. The number of benzene rings is 1. The summed E-state index contributed by atoms with van der Waals surface area (Å²) >= 11 is 0. The third-order valence-corrected chi connectivity index (χ3v) is 2.51. The predicted molar refractivity (Wildman–Crippen MR) is 58.1 cm³/mol. The number of nitrogens with two attached hydrogens (primary N) is 1. The van der Waals surface area contributed by atoms with Gasteiger partial charge in [-0.3, -0.25) is 0 Å². The van der Waals surface area contributed by atoms with Gasteiger partial charge in [-0.15, -0.1) is 5.10 Å². The van der Waals surface area contributed by atoms with Crippen LogP contribution in [0.5, 0.6) is 0 Å². The van der Waals surface area contributed by atoms with Gasteiger partial charge in [0.15, 0.2) is 0 Å². The summed E-state index contributed by atoms with van der Waals surface area (Å²) in [6.45, 7) is 2.48. The average Bonchev–Trinajstić information content (AvgIpc) is 2.74. The fraction of sp³-hybridized carbons (Fsp3) is 0.273. The Bertz CT molecular complexity index is 504. The molecule has 0 aliphatic carbocycles. The lowest BCUT2D eigenvalue weighted by atomic mass is 10.0. The Morgan fingerprint density at radius 1 is 1.29 bits per heavy atom. The van der Waals surface area contributed by atoms with Crippen LogP contribution in [-0.4, -0.2) is 15.0 Å². The largest absolute Gasteiger partial charge is 0.319 e. The molecule has 90 valence electrons. The number of aryl methyl sites for hydroxylation is 1. The van der Waals surface area contributed by atoms with E-state index in [2.05, 4.69) is 10.3 Å². The molecule has 1 aromatic carbocycles. The molecule has 6 heteroatoms. The van der Waals surface area contributed by atoms with E-state index in [9.17, 15) is 8.78 Å². The molecular weight excluding hydrogens is 226 g/mol. The van der Waals surface area contributed by atoms with E-state index in [1.807, 2.05) is 6.92 Å². The van der Waals surface area contributed by atoms with Crippen LogP contribution in [0.25, 0.3) is 0 Å². The molecule has 4 nitrogen and oxygen atoms in total. The van der Waals surface area contributed by atoms with Gasteiger partial charge in [-0.25, -0.2) is 13.5 Å². The maximum absolute atomic E-state index is 13.1. The van der Waals surface area contributed by atoms with Crippen LogP contribution in [0.1, 0.15) is 24.2 Å². The van der Waals surface area contributed by atoms with Crippen molar-refractivity contribution in [2.75, 3.05) is 0 Å². The van der Waals surface area contributed by atoms with E-state index in [1.165, 1.54) is 18.3 Å². The number of hydrogen-bond donors (Lipinski definition) is 1. The van der Waals surface area contributed by atoms with Crippen LogP contribution >= 0.6 is 0 Å². The molecule has 17 heavy (non-hydrogen) atoms. The highest BCUT2D eigenvalue weighted by atomic mass is 19.1. The first kappa shape index (κ1) is 11.7. The molecule has 0 spiro atoms. The van der Waals surface area contributed by atoms with E-state index in [1.54, 1.807) is 4.68 Å². The molecular formula is C11H12F2N4. The number of aromatic nitrogens is 3. The van der Waals surface area contributed by atoms with Crippen LogP contribution in [0.2, 0.25) is 0 Å². The molecule has 1 unspecified atom stereocenters. The third-order valence-electron chi connectivity index (χ3n) is 2.51. The van der Waals surface area contributed by atoms with Gasteiger partial charge in [0.2, 0.25) is 0 Å². The summed E-state index contributed by atoms with van der Waals surface area (Å²) in [5.41, 5.74) is 6.92. The highest BCUT2D eigenvalue weighted by Gasteiger charge is 2.15. The van der Waals surface area contributed by atoms with Gasteiger partial charge in [-0.1, -0.05) is 5.21 Å². The number of hydrogen-bond acceptors (Lipinski definition) is 3. The molecule has 1 atom stereocenters. The summed E-state index contributed by atoms with van der Waals surface area (Å²) in [5, 5.41) is 7.56. The molecule has 2 N–H and O–H groups in total. The average molecular weight is 238 g/mol. The topological polar surface area (TPSA) is 56.7 Å². The molecule has 0 saturated heterocycles. The van der Waals surface area contributed by atoms with Crippen LogP contribution in [0.3, 0.4) is 0 Å². The van der Waals surface area contributed by atoms with Crippen LogP contribution in [-0.2, 0) is 6.54 Å². The zero-order chi connectivity index (χ0) is 12.4. The minimum atomic E-state index is -0.647. The van der Waals surface area contributed by atoms with Crippen molar-refractivity contribution >= 4 is 0 Å². The Morgan fingerprint density at radius 2 is 1.94 bits per heavy atom. The molecule has 2 rings (SSSR count). The standard InChI is InChI=1S/C11H12F2N4/c1-2-17-10(6-15-16-17)11(14)7-3-8(12)5-9(13)4-7/h3-6,11H,2,14H2,1H3. The fourth-order valence-electron chi connectivity index (χ4n) is 1.68. The van der Waals surface area contributed by atoms with Crippen molar-refractivity contribution in [2.45, 2.75) is 19.5 Å². The molecule has 0 aliphatic rings. The Hall–Kier alpha value is -1.82. The zero-order valence-electron chi connectivity index (χ0n) is 9.27. The third kappa shape index (κ3) is 2.31. The van der Waals surface area contributed by atoms with Crippen molar-refractivity contribution in [1.82, 2.24) is 15.0 Å². The first-order valence-corrected chi connectivity index (χ1v) is 5.21. The van der Waals surface area contributed by atoms with Crippen LogP contribution in [0, 0.1) is 11.6 Å². The summed E-state index contributed by atoms with van der Waals surface area (Å²) < 4.78 is 27.7. The van der Waals surface area contributed by atoms with Gasteiger partial charge in [0, 0.05) is 12.6 Å². The van der Waals surface area contributed by atoms with Crippen molar-refractivity contribution < 1.29 is 8.78 Å². The predicted octanol–water partition coefficient (Wildman–Crippen LogP) is 1.62. The van der Waals surface area contributed by atoms with E-state index in [0.29, 0.717) is 17.8 Å².